The first kappa shape index (κ1) is 15.1. The number of rotatable bonds is 4. The van der Waals surface area contributed by atoms with Gasteiger partial charge in [-0.1, -0.05) is 23.7 Å². The molecule has 116 valence electrons. The van der Waals surface area contributed by atoms with Gasteiger partial charge in [0.2, 0.25) is 5.91 Å². The molecule has 6 heteroatoms. The zero-order chi connectivity index (χ0) is 15.4. The van der Waals surface area contributed by atoms with Crippen LogP contribution in [-0.4, -0.2) is 28.8 Å². The minimum Gasteiger partial charge on any atom is -0.350 e. The van der Waals surface area contributed by atoms with E-state index in [0.29, 0.717) is 11.6 Å². The van der Waals surface area contributed by atoms with Crippen LogP contribution in [0.5, 0.6) is 0 Å². The van der Waals surface area contributed by atoms with E-state index in [4.69, 9.17) is 11.6 Å². The summed E-state index contributed by atoms with van der Waals surface area (Å²) in [5.41, 5.74) is 0.387. The molecule has 1 saturated heterocycles. The molecule has 3 rings (SSSR count). The van der Waals surface area contributed by atoms with Crippen LogP contribution in [-0.2, 0) is 16.9 Å². The van der Waals surface area contributed by atoms with Crippen molar-refractivity contribution in [3.8, 4) is 0 Å². The Kier molecular flexibility index (Phi) is 4.45. The Balaban J connectivity index is 1.75. The molecule has 1 aliphatic rings. The molecule has 0 bridgehead atoms. The van der Waals surface area contributed by atoms with Crippen LogP contribution in [0.4, 0.5) is 0 Å². The number of carbonyl (C=O) groups is 1. The second kappa shape index (κ2) is 6.50. The molecule has 2 heterocycles. The summed E-state index contributed by atoms with van der Waals surface area (Å²) in [6.45, 7) is 2.09. The summed E-state index contributed by atoms with van der Waals surface area (Å²) in [4.78, 5) is 12.8. The van der Waals surface area contributed by atoms with Crippen molar-refractivity contribution in [2.45, 2.75) is 24.9 Å². The van der Waals surface area contributed by atoms with Gasteiger partial charge in [-0.05, 0) is 49.7 Å². The lowest BCUT2D eigenvalue weighted by Crippen LogP contribution is -2.54. The molecule has 22 heavy (non-hydrogen) atoms. The van der Waals surface area contributed by atoms with Gasteiger partial charge >= 0.3 is 0 Å². The Morgan fingerprint density at radius 3 is 2.86 bits per heavy atom. The fourth-order valence-electron chi connectivity index (χ4n) is 2.92. The van der Waals surface area contributed by atoms with E-state index in [-0.39, 0.29) is 5.91 Å². The molecule has 0 atom stereocenters. The van der Waals surface area contributed by atoms with Crippen LogP contribution in [0.15, 0.2) is 42.7 Å². The first-order valence-corrected chi connectivity index (χ1v) is 7.82. The Hall–Kier alpha value is -1.85. The lowest BCUT2D eigenvalue weighted by atomic mass is 9.87. The van der Waals surface area contributed by atoms with Gasteiger partial charge in [0.05, 0.1) is 0 Å². The summed E-state index contributed by atoms with van der Waals surface area (Å²) in [5, 5.41) is 11.3. The summed E-state index contributed by atoms with van der Waals surface area (Å²) in [7, 11) is 0. The van der Waals surface area contributed by atoms with E-state index in [0.717, 1.165) is 31.5 Å². The molecule has 1 aromatic heterocycles. The van der Waals surface area contributed by atoms with E-state index < -0.39 is 5.54 Å². The lowest BCUT2D eigenvalue weighted by molar-refractivity contribution is -0.132. The molecule has 2 N–H and O–H groups in total. The van der Waals surface area contributed by atoms with Crippen LogP contribution in [0.1, 0.15) is 18.4 Å². The van der Waals surface area contributed by atoms with Gasteiger partial charge in [0.1, 0.15) is 5.54 Å². The minimum atomic E-state index is -0.604. The van der Waals surface area contributed by atoms with Gasteiger partial charge < -0.3 is 10.6 Å². The van der Waals surface area contributed by atoms with Gasteiger partial charge in [0.15, 0.2) is 0 Å². The van der Waals surface area contributed by atoms with Crippen LogP contribution in [0.25, 0.3) is 0 Å². The largest absolute Gasteiger partial charge is 0.350 e. The van der Waals surface area contributed by atoms with Crippen molar-refractivity contribution in [3.05, 3.63) is 53.3 Å². The summed E-state index contributed by atoms with van der Waals surface area (Å²) in [6, 6.07) is 9.39. The number of carbonyl (C=O) groups excluding carboxylic acids is 1. The highest BCUT2D eigenvalue weighted by atomic mass is 35.5. The number of amides is 1. The Bertz CT molecular complexity index is 635. The van der Waals surface area contributed by atoms with Gasteiger partial charge in [-0.2, -0.15) is 5.10 Å². The van der Waals surface area contributed by atoms with E-state index in [9.17, 15) is 4.79 Å². The second-order valence-corrected chi connectivity index (χ2v) is 5.98. The summed E-state index contributed by atoms with van der Waals surface area (Å²) < 4.78 is 1.79. The molecule has 1 amide bonds. The molecule has 0 aliphatic carbocycles. The molecule has 1 fully saturated rings. The zero-order valence-corrected chi connectivity index (χ0v) is 13.0. The van der Waals surface area contributed by atoms with Gasteiger partial charge in [-0.25, -0.2) is 0 Å². The molecule has 2 aromatic rings. The lowest BCUT2D eigenvalue weighted by Gasteiger charge is -2.36. The molecule has 1 aliphatic heterocycles. The maximum atomic E-state index is 12.8. The number of aromatic nitrogens is 2. The summed E-state index contributed by atoms with van der Waals surface area (Å²) >= 11 is 5.98. The monoisotopic (exact) mass is 318 g/mol. The standard InChI is InChI=1S/C16H19ClN4O/c17-14-4-1-3-13(11-14)12-19-15(22)16(5-8-18-9-6-16)21-10-2-7-20-21/h1-4,7,10-11,18H,5-6,8-9,12H2,(H,19,22). The van der Waals surface area contributed by atoms with E-state index in [1.165, 1.54) is 0 Å². The van der Waals surface area contributed by atoms with Gasteiger partial charge in [-0.3, -0.25) is 9.48 Å². The van der Waals surface area contributed by atoms with E-state index in [1.54, 1.807) is 10.9 Å². The Labute approximate surface area is 134 Å². The molecular weight excluding hydrogens is 300 g/mol. The molecule has 0 unspecified atom stereocenters. The van der Waals surface area contributed by atoms with Crippen molar-refractivity contribution < 1.29 is 4.79 Å². The van der Waals surface area contributed by atoms with Crippen LogP contribution >= 0.6 is 11.6 Å². The predicted molar refractivity (Wildman–Crippen MR) is 85.6 cm³/mol. The molecule has 0 radical (unpaired) electrons. The van der Waals surface area contributed by atoms with Crippen LogP contribution in [0.3, 0.4) is 0 Å². The molecule has 0 saturated carbocycles. The normalized spacial score (nSPS) is 17.1. The van der Waals surface area contributed by atoms with Crippen molar-refractivity contribution >= 4 is 17.5 Å². The Morgan fingerprint density at radius 2 is 2.18 bits per heavy atom. The van der Waals surface area contributed by atoms with Gasteiger partial charge in [0, 0.05) is 24.0 Å². The average Bonchev–Trinajstić information content (AvgIpc) is 3.08. The van der Waals surface area contributed by atoms with E-state index >= 15 is 0 Å². The molecule has 5 nitrogen and oxygen atoms in total. The Morgan fingerprint density at radius 1 is 1.36 bits per heavy atom. The average molecular weight is 319 g/mol. The molecule has 0 spiro atoms. The van der Waals surface area contributed by atoms with E-state index in [1.807, 2.05) is 36.5 Å². The molecule has 1 aromatic carbocycles. The van der Waals surface area contributed by atoms with Crippen molar-refractivity contribution in [3.63, 3.8) is 0 Å². The van der Waals surface area contributed by atoms with Crippen molar-refractivity contribution in [2.75, 3.05) is 13.1 Å². The number of hydrogen-bond acceptors (Lipinski definition) is 3. The molecular formula is C16H19ClN4O. The highest BCUT2D eigenvalue weighted by Gasteiger charge is 2.41. The van der Waals surface area contributed by atoms with Crippen LogP contribution in [0, 0.1) is 0 Å². The van der Waals surface area contributed by atoms with Crippen molar-refractivity contribution in [1.82, 2.24) is 20.4 Å². The maximum Gasteiger partial charge on any atom is 0.248 e. The SMILES string of the molecule is O=C(NCc1cccc(Cl)c1)C1(n2cccn2)CCNCC1. The number of piperidine rings is 1. The third kappa shape index (κ3) is 3.00. The van der Waals surface area contributed by atoms with Crippen molar-refractivity contribution in [2.24, 2.45) is 0 Å². The fraction of sp³-hybridized carbons (Fsp3) is 0.375. The first-order valence-electron chi connectivity index (χ1n) is 7.44. The van der Waals surface area contributed by atoms with Gasteiger partial charge in [-0.15, -0.1) is 0 Å². The summed E-state index contributed by atoms with van der Waals surface area (Å²) in [5.74, 6) is 0.0117. The van der Waals surface area contributed by atoms with Crippen LogP contribution < -0.4 is 10.6 Å². The highest BCUT2D eigenvalue weighted by Crippen LogP contribution is 2.27. The zero-order valence-electron chi connectivity index (χ0n) is 12.3. The smallest absolute Gasteiger partial charge is 0.248 e. The highest BCUT2D eigenvalue weighted by molar-refractivity contribution is 6.30. The number of nitrogens with one attached hydrogen (secondary N) is 2. The van der Waals surface area contributed by atoms with Crippen LogP contribution in [0.2, 0.25) is 5.02 Å². The third-order valence-corrected chi connectivity index (χ3v) is 4.37. The van der Waals surface area contributed by atoms with Gasteiger partial charge in [0.25, 0.3) is 0 Å². The first-order chi connectivity index (χ1) is 10.7. The minimum absolute atomic E-state index is 0.0117. The second-order valence-electron chi connectivity index (χ2n) is 5.54. The fourth-order valence-corrected chi connectivity index (χ4v) is 3.13. The quantitative estimate of drug-likeness (QED) is 0.905. The number of hydrogen-bond donors (Lipinski definition) is 2. The number of nitrogens with zero attached hydrogens (tertiary/aromatic N) is 2. The van der Waals surface area contributed by atoms with Crippen molar-refractivity contribution in [1.29, 1.82) is 0 Å². The third-order valence-electron chi connectivity index (χ3n) is 4.14. The number of halogens is 1. The maximum absolute atomic E-state index is 12.8. The number of benzene rings is 1. The summed E-state index contributed by atoms with van der Waals surface area (Å²) in [6.07, 6.45) is 5.05. The topological polar surface area (TPSA) is 59.0 Å². The van der Waals surface area contributed by atoms with E-state index in [2.05, 4.69) is 15.7 Å². The predicted octanol–water partition coefficient (Wildman–Crippen LogP) is 1.93.